The molecule has 0 aliphatic carbocycles. The lowest BCUT2D eigenvalue weighted by Crippen LogP contribution is -2.13. The maximum Gasteiger partial charge on any atom is 0.291 e. The first-order chi connectivity index (χ1) is 8.02. The Morgan fingerprint density at radius 3 is 2.94 bits per heavy atom. The summed E-state index contributed by atoms with van der Waals surface area (Å²) in [5, 5.41) is 21.7. The molecule has 0 atom stereocenters. The Hall–Kier alpha value is -2.35. The van der Waals surface area contributed by atoms with Gasteiger partial charge in [0.2, 0.25) is 5.84 Å². The summed E-state index contributed by atoms with van der Waals surface area (Å²) < 4.78 is 5.08. The molecule has 0 bridgehead atoms. The van der Waals surface area contributed by atoms with Crippen LogP contribution in [0.4, 0.5) is 5.69 Å². The number of nitro groups is 1. The third kappa shape index (κ3) is 1.85. The average Bonchev–Trinajstić information content (AvgIpc) is 2.69. The molecule has 8 nitrogen and oxygen atoms in total. The Kier molecular flexibility index (Phi) is 2.56. The number of fused-ring (bicyclic) bond motifs is 1. The summed E-state index contributed by atoms with van der Waals surface area (Å²) in [7, 11) is 0. The second kappa shape index (κ2) is 3.91. The van der Waals surface area contributed by atoms with Crippen LogP contribution in [0, 0.1) is 10.1 Å². The first-order valence-corrected chi connectivity index (χ1v) is 4.63. The number of halogens is 1. The predicted molar refractivity (Wildman–Crippen MR) is 58.2 cm³/mol. The van der Waals surface area contributed by atoms with Crippen molar-refractivity contribution in [3.05, 3.63) is 33.2 Å². The molecule has 2 aromatic rings. The van der Waals surface area contributed by atoms with Gasteiger partial charge in [0.1, 0.15) is 10.5 Å². The largest absolute Gasteiger partial charge is 0.433 e. The molecule has 0 amide bonds. The minimum absolute atomic E-state index is 0.0677. The zero-order chi connectivity index (χ0) is 12.6. The molecule has 0 aliphatic heterocycles. The monoisotopic (exact) mass is 256 g/mol. The van der Waals surface area contributed by atoms with Gasteiger partial charge in [-0.3, -0.25) is 10.1 Å². The van der Waals surface area contributed by atoms with Crippen molar-refractivity contribution in [2.45, 2.75) is 0 Å². The van der Waals surface area contributed by atoms with E-state index in [-0.39, 0.29) is 33.5 Å². The summed E-state index contributed by atoms with van der Waals surface area (Å²) in [5.41, 5.74) is 5.37. The van der Waals surface area contributed by atoms with E-state index < -0.39 is 4.92 Å². The van der Waals surface area contributed by atoms with Crippen molar-refractivity contribution >= 4 is 34.2 Å². The van der Waals surface area contributed by atoms with Crippen LogP contribution >= 0.6 is 11.6 Å². The molecule has 1 aromatic carbocycles. The summed E-state index contributed by atoms with van der Waals surface area (Å²) in [5.74, 6) is -0.473. The molecule has 1 aromatic heterocycles. The van der Waals surface area contributed by atoms with Crippen LogP contribution in [0.25, 0.3) is 11.1 Å². The maximum absolute atomic E-state index is 10.6. The summed E-state index contributed by atoms with van der Waals surface area (Å²) in [4.78, 5) is 13.8. The molecular weight excluding hydrogens is 252 g/mol. The fourth-order valence-corrected chi connectivity index (χ4v) is 1.46. The number of oxime groups is 1. The highest BCUT2D eigenvalue weighted by Crippen LogP contribution is 2.29. The van der Waals surface area contributed by atoms with Crippen LogP contribution in [0.3, 0.4) is 0 Å². The van der Waals surface area contributed by atoms with Crippen molar-refractivity contribution in [3.8, 4) is 0 Å². The summed E-state index contributed by atoms with van der Waals surface area (Å²) >= 11 is 5.69. The molecule has 0 unspecified atom stereocenters. The normalized spacial score (nSPS) is 11.9. The average molecular weight is 257 g/mol. The lowest BCUT2D eigenvalue weighted by Gasteiger charge is -1.93. The molecule has 17 heavy (non-hydrogen) atoms. The Balaban J connectivity index is 2.66. The smallest absolute Gasteiger partial charge is 0.291 e. The van der Waals surface area contributed by atoms with Crippen molar-refractivity contribution in [2.24, 2.45) is 10.9 Å². The van der Waals surface area contributed by atoms with Gasteiger partial charge >= 0.3 is 0 Å². The third-order valence-corrected chi connectivity index (χ3v) is 2.28. The van der Waals surface area contributed by atoms with E-state index in [0.717, 1.165) is 6.07 Å². The van der Waals surface area contributed by atoms with Gasteiger partial charge in [0.15, 0.2) is 5.58 Å². The van der Waals surface area contributed by atoms with E-state index in [1.807, 2.05) is 0 Å². The molecule has 0 aliphatic rings. The van der Waals surface area contributed by atoms with Crippen LogP contribution in [0.2, 0.25) is 5.02 Å². The number of rotatable bonds is 2. The van der Waals surface area contributed by atoms with E-state index in [9.17, 15) is 10.1 Å². The Labute approximate surface area is 98.4 Å². The van der Waals surface area contributed by atoms with Crippen molar-refractivity contribution in [2.75, 3.05) is 0 Å². The summed E-state index contributed by atoms with van der Waals surface area (Å²) in [6.45, 7) is 0. The fraction of sp³-hybridized carbons (Fsp3) is 0. The van der Waals surface area contributed by atoms with Gasteiger partial charge < -0.3 is 15.4 Å². The zero-order valence-electron chi connectivity index (χ0n) is 8.12. The SMILES string of the molecule is N/C(=N\O)c1nc2cc(Cl)c([N+](=O)[O-])cc2o1. The summed E-state index contributed by atoms with van der Waals surface area (Å²) in [6.07, 6.45) is 0. The number of hydrogen-bond acceptors (Lipinski definition) is 6. The van der Waals surface area contributed by atoms with E-state index in [0.29, 0.717) is 0 Å². The highest BCUT2D eigenvalue weighted by Gasteiger charge is 2.18. The third-order valence-electron chi connectivity index (χ3n) is 1.98. The molecule has 0 spiro atoms. The molecule has 2 rings (SSSR count). The number of amidine groups is 1. The standard InChI is InChI=1S/C8H5ClN4O4/c9-3-1-4-6(2-5(3)13(15)16)17-8(11-4)7(10)12-14/h1-2,14H,(H2,10,12). The topological polar surface area (TPSA) is 128 Å². The number of nitrogens with two attached hydrogens (primary N) is 1. The van der Waals surface area contributed by atoms with E-state index in [1.54, 1.807) is 0 Å². The quantitative estimate of drug-likeness (QED) is 0.275. The Bertz CT molecular complexity index is 636. The number of nitro benzene ring substituents is 1. The van der Waals surface area contributed by atoms with Crippen molar-refractivity contribution < 1.29 is 14.5 Å². The Morgan fingerprint density at radius 1 is 1.65 bits per heavy atom. The lowest BCUT2D eigenvalue weighted by atomic mass is 10.3. The van der Waals surface area contributed by atoms with Gasteiger partial charge in [0.05, 0.1) is 11.0 Å². The molecule has 9 heteroatoms. The molecular formula is C8H5ClN4O4. The molecule has 1 heterocycles. The van der Waals surface area contributed by atoms with E-state index in [4.69, 9.17) is 27.0 Å². The molecule has 0 saturated carbocycles. The maximum atomic E-state index is 10.6. The molecule has 0 saturated heterocycles. The molecule has 0 fully saturated rings. The van der Waals surface area contributed by atoms with Crippen LogP contribution in [0.1, 0.15) is 5.89 Å². The minimum atomic E-state index is -0.645. The van der Waals surface area contributed by atoms with Crippen LogP contribution in [0.5, 0.6) is 0 Å². The van der Waals surface area contributed by atoms with Gasteiger partial charge in [0.25, 0.3) is 11.6 Å². The number of oxazole rings is 1. The van der Waals surface area contributed by atoms with Crippen LogP contribution < -0.4 is 5.73 Å². The van der Waals surface area contributed by atoms with Gasteiger partial charge in [0, 0.05) is 0 Å². The molecule has 88 valence electrons. The van der Waals surface area contributed by atoms with E-state index in [2.05, 4.69) is 10.1 Å². The number of aromatic nitrogens is 1. The molecule has 3 N–H and O–H groups in total. The van der Waals surface area contributed by atoms with Gasteiger partial charge in [-0.05, 0) is 6.07 Å². The van der Waals surface area contributed by atoms with E-state index >= 15 is 0 Å². The van der Waals surface area contributed by atoms with Crippen molar-refractivity contribution in [1.82, 2.24) is 4.98 Å². The first-order valence-electron chi connectivity index (χ1n) is 4.25. The number of hydrogen-bond donors (Lipinski definition) is 2. The second-order valence-corrected chi connectivity index (χ2v) is 3.44. The van der Waals surface area contributed by atoms with Crippen LogP contribution in [0.15, 0.2) is 21.7 Å². The number of benzene rings is 1. The Morgan fingerprint density at radius 2 is 2.35 bits per heavy atom. The lowest BCUT2D eigenvalue weighted by molar-refractivity contribution is -0.384. The van der Waals surface area contributed by atoms with Crippen molar-refractivity contribution in [3.63, 3.8) is 0 Å². The first kappa shape index (κ1) is 11.1. The number of nitrogens with zero attached hydrogens (tertiary/aromatic N) is 3. The predicted octanol–water partition coefficient (Wildman–Crippen LogP) is 1.48. The fourth-order valence-electron chi connectivity index (χ4n) is 1.23. The highest BCUT2D eigenvalue weighted by atomic mass is 35.5. The van der Waals surface area contributed by atoms with Crippen molar-refractivity contribution in [1.29, 1.82) is 0 Å². The van der Waals surface area contributed by atoms with Gasteiger partial charge in [-0.25, -0.2) is 4.98 Å². The van der Waals surface area contributed by atoms with Crippen LogP contribution in [-0.2, 0) is 0 Å². The van der Waals surface area contributed by atoms with Crippen LogP contribution in [-0.4, -0.2) is 21.0 Å². The molecule has 0 radical (unpaired) electrons. The second-order valence-electron chi connectivity index (χ2n) is 3.03. The van der Waals surface area contributed by atoms with Gasteiger partial charge in [-0.15, -0.1) is 0 Å². The van der Waals surface area contributed by atoms with E-state index in [1.165, 1.54) is 6.07 Å². The zero-order valence-corrected chi connectivity index (χ0v) is 8.88. The van der Waals surface area contributed by atoms with Gasteiger partial charge in [-0.1, -0.05) is 16.8 Å². The minimum Gasteiger partial charge on any atom is -0.433 e. The van der Waals surface area contributed by atoms with Gasteiger partial charge in [-0.2, -0.15) is 0 Å². The summed E-state index contributed by atoms with van der Waals surface area (Å²) in [6, 6.07) is 2.39. The highest BCUT2D eigenvalue weighted by molar-refractivity contribution is 6.33.